The lowest BCUT2D eigenvalue weighted by molar-refractivity contribution is -0.136. The number of benzene rings is 3. The summed E-state index contributed by atoms with van der Waals surface area (Å²) in [5.41, 5.74) is 4.79. The number of aryl methyl sites for hydroxylation is 1. The number of ether oxygens (including phenoxy) is 3. The molecule has 0 saturated heterocycles. The van der Waals surface area contributed by atoms with Crippen LogP contribution in [0.1, 0.15) is 18.1 Å². The molecule has 0 aliphatic heterocycles. The molecule has 0 atom stereocenters. The lowest BCUT2D eigenvalue weighted by Crippen LogP contribution is -2.32. The summed E-state index contributed by atoms with van der Waals surface area (Å²) in [6.45, 7) is 3.93. The second-order valence-corrected chi connectivity index (χ2v) is 9.93. The fourth-order valence-electron chi connectivity index (χ4n) is 3.26. The van der Waals surface area contributed by atoms with Crippen LogP contribution in [0.2, 0.25) is 0 Å². The Morgan fingerprint density at radius 1 is 1.00 bits per heavy atom. The van der Waals surface area contributed by atoms with Crippen molar-refractivity contribution in [2.45, 2.75) is 13.8 Å². The number of amides is 3. The lowest BCUT2D eigenvalue weighted by atomic mass is 10.2. The van der Waals surface area contributed by atoms with Gasteiger partial charge in [0.05, 0.1) is 29.2 Å². The van der Waals surface area contributed by atoms with Crippen LogP contribution in [0.25, 0.3) is 0 Å². The molecule has 0 bridgehead atoms. The van der Waals surface area contributed by atoms with E-state index in [1.807, 2.05) is 48.6 Å². The predicted molar refractivity (Wildman–Crippen MR) is 161 cm³/mol. The van der Waals surface area contributed by atoms with Crippen molar-refractivity contribution in [1.29, 1.82) is 0 Å². The van der Waals surface area contributed by atoms with Crippen molar-refractivity contribution in [1.82, 2.24) is 5.43 Å². The van der Waals surface area contributed by atoms with Crippen LogP contribution in [0.3, 0.4) is 0 Å². The number of rotatable bonds is 10. The number of anilines is 2. The van der Waals surface area contributed by atoms with Crippen LogP contribution in [0.15, 0.2) is 64.2 Å². The van der Waals surface area contributed by atoms with Gasteiger partial charge in [-0.15, -0.1) is 0 Å². The number of nitrogens with zero attached hydrogens (tertiary/aromatic N) is 1. The number of carbonyl (C=O) groups excluding carboxylic acids is 3. The summed E-state index contributed by atoms with van der Waals surface area (Å²) in [4.78, 5) is 36.9. The summed E-state index contributed by atoms with van der Waals surface area (Å²) in [5, 5.41) is 9.15. The third kappa shape index (κ3) is 8.68. The number of hydrogen-bond donors (Lipinski definition) is 3. The molecule has 3 amide bonds. The molecule has 0 aromatic heterocycles. The van der Waals surface area contributed by atoms with Crippen LogP contribution in [-0.2, 0) is 14.4 Å². The van der Waals surface area contributed by atoms with Gasteiger partial charge >= 0.3 is 11.8 Å². The fourth-order valence-corrected chi connectivity index (χ4v) is 4.29. The molecular weight excluding hydrogens is 683 g/mol. The normalized spacial score (nSPS) is 10.6. The van der Waals surface area contributed by atoms with E-state index in [-0.39, 0.29) is 12.5 Å². The van der Waals surface area contributed by atoms with E-state index in [2.05, 4.69) is 37.1 Å². The zero-order chi connectivity index (χ0) is 28.4. The molecule has 204 valence electrons. The lowest BCUT2D eigenvalue weighted by Gasteiger charge is -2.14. The van der Waals surface area contributed by atoms with Gasteiger partial charge in [-0.3, -0.25) is 14.4 Å². The third-order valence-corrected chi connectivity index (χ3v) is 6.75. The van der Waals surface area contributed by atoms with Gasteiger partial charge in [0.25, 0.3) is 5.91 Å². The zero-order valence-electron chi connectivity index (χ0n) is 21.3. The monoisotopic (exact) mass is 708 g/mol. The Kier molecular flexibility index (Phi) is 11.1. The van der Waals surface area contributed by atoms with Crippen molar-refractivity contribution >= 4 is 73.8 Å². The molecule has 3 aromatic carbocycles. The number of hydrogen-bond acceptors (Lipinski definition) is 7. The maximum Gasteiger partial charge on any atom is 0.329 e. The summed E-state index contributed by atoms with van der Waals surface area (Å²) in [7, 11) is 1.47. The Morgan fingerprint density at radius 3 is 2.49 bits per heavy atom. The third-order valence-electron chi connectivity index (χ3n) is 5.06. The smallest absolute Gasteiger partial charge is 0.329 e. The van der Waals surface area contributed by atoms with Crippen molar-refractivity contribution < 1.29 is 28.6 Å². The molecule has 12 heteroatoms. The molecule has 10 nitrogen and oxygen atoms in total. The van der Waals surface area contributed by atoms with E-state index >= 15 is 0 Å². The first kappa shape index (κ1) is 29.9. The van der Waals surface area contributed by atoms with Crippen molar-refractivity contribution in [3.63, 3.8) is 0 Å². The number of carbonyl (C=O) groups is 3. The topological polar surface area (TPSA) is 127 Å². The van der Waals surface area contributed by atoms with Crippen LogP contribution in [0.4, 0.5) is 11.4 Å². The standard InChI is InChI=1S/C27H26BrIN4O6/c1-4-38-22-8-6-5-7-21(22)32-26(35)27(36)33-30-14-17-12-20(29)25(23(13-17)37-3)39-15-24(34)31-18-9-10-19(28)16(2)11-18/h5-14H,4,15H2,1-3H3,(H,31,34)(H,32,35)(H,33,36)/b30-14-. The van der Waals surface area contributed by atoms with E-state index in [0.29, 0.717) is 44.4 Å². The van der Waals surface area contributed by atoms with Crippen LogP contribution in [0, 0.1) is 10.5 Å². The van der Waals surface area contributed by atoms with Crippen molar-refractivity contribution in [3.05, 3.63) is 73.8 Å². The zero-order valence-corrected chi connectivity index (χ0v) is 25.1. The van der Waals surface area contributed by atoms with E-state index in [0.717, 1.165) is 10.0 Å². The molecule has 0 unspecified atom stereocenters. The number of methoxy groups -OCH3 is 1. The van der Waals surface area contributed by atoms with E-state index < -0.39 is 11.8 Å². The molecule has 3 aromatic rings. The summed E-state index contributed by atoms with van der Waals surface area (Å²) in [6, 6.07) is 15.6. The van der Waals surface area contributed by atoms with Gasteiger partial charge in [-0.2, -0.15) is 5.10 Å². The molecule has 0 aliphatic carbocycles. The molecule has 39 heavy (non-hydrogen) atoms. The van der Waals surface area contributed by atoms with Gasteiger partial charge in [-0.25, -0.2) is 5.43 Å². The largest absolute Gasteiger partial charge is 0.493 e. The average Bonchev–Trinajstić information content (AvgIpc) is 2.91. The van der Waals surface area contributed by atoms with E-state index in [9.17, 15) is 14.4 Å². The molecule has 0 heterocycles. The maximum atomic E-state index is 12.4. The Balaban J connectivity index is 1.59. The Hall–Kier alpha value is -3.65. The molecular formula is C27H26BrIN4O6. The van der Waals surface area contributed by atoms with Gasteiger partial charge in [0.15, 0.2) is 18.1 Å². The fraction of sp³-hybridized carbons (Fsp3) is 0.185. The summed E-state index contributed by atoms with van der Waals surface area (Å²) >= 11 is 5.47. The minimum atomic E-state index is -0.953. The molecule has 0 aliphatic rings. The second kappa shape index (κ2) is 14.5. The predicted octanol–water partition coefficient (Wildman–Crippen LogP) is 4.88. The van der Waals surface area contributed by atoms with Crippen LogP contribution in [0.5, 0.6) is 17.2 Å². The summed E-state index contributed by atoms with van der Waals surface area (Å²) < 4.78 is 18.2. The molecule has 0 spiro atoms. The first-order chi connectivity index (χ1) is 18.7. The molecule has 3 rings (SSSR count). The Bertz CT molecular complexity index is 1400. The van der Waals surface area contributed by atoms with Gasteiger partial charge in [0.1, 0.15) is 5.75 Å². The highest BCUT2D eigenvalue weighted by molar-refractivity contribution is 14.1. The maximum absolute atomic E-state index is 12.4. The van der Waals surface area contributed by atoms with Crippen molar-refractivity contribution in [3.8, 4) is 17.2 Å². The number of nitrogens with one attached hydrogen (secondary N) is 3. The minimum absolute atomic E-state index is 0.230. The van der Waals surface area contributed by atoms with Crippen molar-refractivity contribution in [2.24, 2.45) is 5.10 Å². The van der Waals surface area contributed by atoms with E-state index in [1.54, 1.807) is 42.5 Å². The van der Waals surface area contributed by atoms with Gasteiger partial charge in [0.2, 0.25) is 0 Å². The Labute approximate surface area is 247 Å². The molecule has 0 fully saturated rings. The van der Waals surface area contributed by atoms with E-state index in [4.69, 9.17) is 14.2 Å². The summed E-state index contributed by atoms with van der Waals surface area (Å²) in [6.07, 6.45) is 1.36. The molecule has 0 radical (unpaired) electrons. The second-order valence-electron chi connectivity index (χ2n) is 7.92. The SMILES string of the molecule is CCOc1ccccc1NC(=O)C(=O)N/N=C\c1cc(I)c(OCC(=O)Nc2ccc(Br)c(C)c2)c(OC)c1. The molecule has 3 N–H and O–H groups in total. The van der Waals surface area contributed by atoms with Gasteiger partial charge in [-0.05, 0) is 90.0 Å². The first-order valence-electron chi connectivity index (χ1n) is 11.6. The minimum Gasteiger partial charge on any atom is -0.493 e. The highest BCUT2D eigenvalue weighted by Gasteiger charge is 2.16. The highest BCUT2D eigenvalue weighted by Crippen LogP contribution is 2.33. The van der Waals surface area contributed by atoms with Crippen LogP contribution >= 0.6 is 38.5 Å². The quantitative estimate of drug-likeness (QED) is 0.119. The van der Waals surface area contributed by atoms with Gasteiger partial charge < -0.3 is 24.8 Å². The van der Waals surface area contributed by atoms with Gasteiger partial charge in [-0.1, -0.05) is 28.1 Å². The number of hydrazone groups is 1. The Morgan fingerprint density at radius 2 is 1.77 bits per heavy atom. The number of halogens is 2. The van der Waals surface area contributed by atoms with Gasteiger partial charge in [0, 0.05) is 10.2 Å². The van der Waals surface area contributed by atoms with Crippen LogP contribution in [-0.4, -0.2) is 44.3 Å². The average molecular weight is 709 g/mol. The number of para-hydroxylation sites is 2. The van der Waals surface area contributed by atoms with Crippen LogP contribution < -0.4 is 30.3 Å². The van der Waals surface area contributed by atoms with Crippen molar-refractivity contribution in [2.75, 3.05) is 31.0 Å². The highest BCUT2D eigenvalue weighted by atomic mass is 127. The first-order valence-corrected chi connectivity index (χ1v) is 13.5. The molecule has 0 saturated carbocycles. The summed E-state index contributed by atoms with van der Waals surface area (Å²) in [5.74, 6) is -0.974. The van der Waals surface area contributed by atoms with E-state index in [1.165, 1.54) is 13.3 Å².